The molecule has 0 fully saturated rings. The van der Waals surface area contributed by atoms with Crippen LogP contribution in [0.5, 0.6) is 0 Å². The van der Waals surface area contributed by atoms with Gasteiger partial charge in [-0.1, -0.05) is 12.1 Å². The first-order chi connectivity index (χ1) is 11.7. The molecule has 0 radical (unpaired) electrons. The van der Waals surface area contributed by atoms with E-state index in [1.807, 2.05) is 52.2 Å². The van der Waals surface area contributed by atoms with Gasteiger partial charge in [0.1, 0.15) is 0 Å². The molecule has 0 spiro atoms. The van der Waals surface area contributed by atoms with Crippen molar-refractivity contribution in [2.75, 3.05) is 6.54 Å². The average Bonchev–Trinajstić information content (AvgIpc) is 3.13. The number of nitrogens with zero attached hydrogens (tertiary/aromatic N) is 3. The van der Waals surface area contributed by atoms with Gasteiger partial charge in [-0.2, -0.15) is 0 Å². The van der Waals surface area contributed by atoms with Crippen molar-refractivity contribution in [1.29, 1.82) is 0 Å². The third-order valence-corrected chi connectivity index (χ3v) is 4.96. The second kappa shape index (κ2) is 8.17. The number of pyridine rings is 1. The third kappa shape index (κ3) is 4.27. The van der Waals surface area contributed by atoms with Crippen molar-refractivity contribution in [3.8, 4) is 0 Å². The molecular weight excluding hydrogens is 386 g/mol. The predicted molar refractivity (Wildman–Crippen MR) is 98.9 cm³/mol. The highest BCUT2D eigenvalue weighted by atomic mass is 79.9. The van der Waals surface area contributed by atoms with E-state index in [1.165, 1.54) is 0 Å². The van der Waals surface area contributed by atoms with Gasteiger partial charge in [-0.05, 0) is 45.8 Å². The minimum Gasteiger partial charge on any atom is -0.334 e. The van der Waals surface area contributed by atoms with Crippen molar-refractivity contribution in [1.82, 2.24) is 14.9 Å². The van der Waals surface area contributed by atoms with Crippen LogP contribution >= 0.6 is 27.3 Å². The lowest BCUT2D eigenvalue weighted by Gasteiger charge is -2.23. The van der Waals surface area contributed by atoms with Crippen molar-refractivity contribution < 1.29 is 4.79 Å². The number of thiazole rings is 1. The molecule has 1 aromatic carbocycles. The van der Waals surface area contributed by atoms with Crippen LogP contribution in [-0.4, -0.2) is 27.3 Å². The zero-order valence-electron chi connectivity index (χ0n) is 12.9. The third-order valence-electron chi connectivity index (χ3n) is 3.64. The summed E-state index contributed by atoms with van der Waals surface area (Å²) in [6.45, 7) is 1.17. The standard InChI is InChI=1S/C18H16BrN3OS/c19-17-4-2-1-3-16(17)18(23)22(10-7-15-12-24-13-21-15)11-14-5-8-20-9-6-14/h1-6,8-9,12-13H,7,10-11H2. The number of hydrogen-bond acceptors (Lipinski definition) is 4. The van der Waals surface area contributed by atoms with Crippen LogP contribution in [0.1, 0.15) is 21.6 Å². The smallest absolute Gasteiger partial charge is 0.255 e. The first-order valence-electron chi connectivity index (χ1n) is 7.54. The van der Waals surface area contributed by atoms with Gasteiger partial charge >= 0.3 is 0 Å². The van der Waals surface area contributed by atoms with Gasteiger partial charge in [0.15, 0.2) is 0 Å². The minimum absolute atomic E-state index is 0.00881. The molecule has 3 aromatic rings. The Labute approximate surface area is 153 Å². The normalized spacial score (nSPS) is 10.5. The number of aromatic nitrogens is 2. The molecule has 0 unspecified atom stereocenters. The monoisotopic (exact) mass is 401 g/mol. The van der Waals surface area contributed by atoms with E-state index in [9.17, 15) is 4.79 Å². The van der Waals surface area contributed by atoms with E-state index >= 15 is 0 Å². The van der Waals surface area contributed by atoms with Crippen molar-refractivity contribution in [2.45, 2.75) is 13.0 Å². The molecule has 0 aliphatic rings. The van der Waals surface area contributed by atoms with Crippen molar-refractivity contribution in [3.05, 3.63) is 81.0 Å². The SMILES string of the molecule is O=C(c1ccccc1Br)N(CCc1cscn1)Cc1ccncc1. The molecule has 0 saturated carbocycles. The Morgan fingerprint density at radius 3 is 2.67 bits per heavy atom. The van der Waals surface area contributed by atoms with Crippen molar-refractivity contribution >= 4 is 33.2 Å². The van der Waals surface area contributed by atoms with Crippen LogP contribution in [0.3, 0.4) is 0 Å². The summed E-state index contributed by atoms with van der Waals surface area (Å²) in [4.78, 5) is 23.2. The van der Waals surface area contributed by atoms with E-state index in [2.05, 4.69) is 25.9 Å². The average molecular weight is 402 g/mol. The van der Waals surface area contributed by atoms with Crippen molar-refractivity contribution in [2.24, 2.45) is 0 Å². The summed E-state index contributed by atoms with van der Waals surface area (Å²) in [6, 6.07) is 11.4. The molecule has 1 amide bonds. The van der Waals surface area contributed by atoms with Crippen molar-refractivity contribution in [3.63, 3.8) is 0 Å². The Bertz CT molecular complexity index is 793. The summed E-state index contributed by atoms with van der Waals surface area (Å²) < 4.78 is 0.809. The zero-order chi connectivity index (χ0) is 16.8. The summed E-state index contributed by atoms with van der Waals surface area (Å²) >= 11 is 5.04. The molecule has 2 aromatic heterocycles. The van der Waals surface area contributed by atoms with Gasteiger partial charge in [0.05, 0.1) is 16.8 Å². The maximum atomic E-state index is 13.0. The second-order valence-electron chi connectivity index (χ2n) is 5.29. The Hall–Kier alpha value is -2.05. The van der Waals surface area contributed by atoms with Crippen LogP contribution in [0.2, 0.25) is 0 Å². The Morgan fingerprint density at radius 2 is 1.96 bits per heavy atom. The highest BCUT2D eigenvalue weighted by Gasteiger charge is 2.18. The zero-order valence-corrected chi connectivity index (χ0v) is 15.3. The molecule has 0 saturated heterocycles. The van der Waals surface area contributed by atoms with Gasteiger partial charge in [-0.25, -0.2) is 4.98 Å². The lowest BCUT2D eigenvalue weighted by Crippen LogP contribution is -2.32. The molecule has 4 nitrogen and oxygen atoms in total. The topological polar surface area (TPSA) is 46.1 Å². The molecule has 0 N–H and O–H groups in total. The fraction of sp³-hybridized carbons (Fsp3) is 0.167. The Balaban J connectivity index is 1.80. The molecule has 2 heterocycles. The van der Waals surface area contributed by atoms with Crippen LogP contribution in [0.15, 0.2) is 64.2 Å². The van der Waals surface area contributed by atoms with Crippen LogP contribution in [0, 0.1) is 0 Å². The Morgan fingerprint density at radius 1 is 1.17 bits per heavy atom. The summed E-state index contributed by atoms with van der Waals surface area (Å²) in [5.41, 5.74) is 4.56. The second-order valence-corrected chi connectivity index (χ2v) is 6.86. The maximum absolute atomic E-state index is 13.0. The van der Waals surface area contributed by atoms with Gasteiger partial charge in [-0.15, -0.1) is 11.3 Å². The number of carbonyl (C=O) groups excluding carboxylic acids is 1. The van der Waals surface area contributed by atoms with Crippen LogP contribution in [0.4, 0.5) is 0 Å². The fourth-order valence-electron chi connectivity index (χ4n) is 2.38. The number of rotatable bonds is 6. The Kier molecular flexibility index (Phi) is 5.72. The predicted octanol–water partition coefficient (Wildman–Crippen LogP) is 4.19. The summed E-state index contributed by atoms with van der Waals surface area (Å²) in [7, 11) is 0. The largest absolute Gasteiger partial charge is 0.334 e. The molecule has 122 valence electrons. The van der Waals surface area contributed by atoms with Gasteiger partial charge in [-0.3, -0.25) is 9.78 Å². The van der Waals surface area contributed by atoms with E-state index < -0.39 is 0 Å². The van der Waals surface area contributed by atoms with Gasteiger partial charge in [0.2, 0.25) is 0 Å². The highest BCUT2D eigenvalue weighted by Crippen LogP contribution is 2.19. The fourth-order valence-corrected chi connectivity index (χ4v) is 3.42. The number of halogens is 1. The molecule has 0 bridgehead atoms. The molecular formula is C18H16BrN3OS. The van der Waals surface area contributed by atoms with Crippen LogP contribution in [-0.2, 0) is 13.0 Å². The molecule has 0 aliphatic carbocycles. The van der Waals surface area contributed by atoms with Gasteiger partial charge in [0.25, 0.3) is 5.91 Å². The van der Waals surface area contributed by atoms with Gasteiger partial charge < -0.3 is 4.90 Å². The van der Waals surface area contributed by atoms with E-state index in [4.69, 9.17) is 0 Å². The number of benzene rings is 1. The number of hydrogen-bond donors (Lipinski definition) is 0. The van der Waals surface area contributed by atoms with E-state index in [0.717, 1.165) is 22.2 Å². The quantitative estimate of drug-likeness (QED) is 0.621. The highest BCUT2D eigenvalue weighted by molar-refractivity contribution is 9.10. The first kappa shape index (κ1) is 16.8. The van der Waals surface area contributed by atoms with E-state index in [-0.39, 0.29) is 5.91 Å². The van der Waals surface area contributed by atoms with Gasteiger partial charge in [0, 0.05) is 41.8 Å². The maximum Gasteiger partial charge on any atom is 0.255 e. The lowest BCUT2D eigenvalue weighted by atomic mass is 10.1. The van der Waals surface area contributed by atoms with E-state index in [0.29, 0.717) is 18.7 Å². The summed E-state index contributed by atoms with van der Waals surface area (Å²) in [6.07, 6.45) is 4.23. The molecule has 6 heteroatoms. The molecule has 0 aliphatic heterocycles. The summed E-state index contributed by atoms with van der Waals surface area (Å²) in [5, 5.41) is 2.02. The van der Waals surface area contributed by atoms with Crippen LogP contribution < -0.4 is 0 Å². The summed E-state index contributed by atoms with van der Waals surface area (Å²) in [5.74, 6) is 0.00881. The van der Waals surface area contributed by atoms with E-state index in [1.54, 1.807) is 23.7 Å². The number of carbonyl (C=O) groups is 1. The lowest BCUT2D eigenvalue weighted by molar-refractivity contribution is 0.0744. The first-order valence-corrected chi connectivity index (χ1v) is 9.27. The molecule has 24 heavy (non-hydrogen) atoms. The van der Waals surface area contributed by atoms with Crippen LogP contribution in [0.25, 0.3) is 0 Å². The molecule has 3 rings (SSSR count). The number of amides is 1. The minimum atomic E-state index is 0.00881. The molecule has 0 atom stereocenters.